The quantitative estimate of drug-likeness (QED) is 0.719. The minimum atomic E-state index is -1.06. The standard InChI is InChI=1S/C22H21N5O3/c28-20(29)17-15-23-21(24-16-17)25-11-13-26(14-12-25)22(30)27(18-7-3-1-4-8-18)19-9-5-2-6-10-19/h1-10,15-16H,11-14H2,(H,28,29). The molecule has 1 saturated heterocycles. The van der Waals surface area contributed by atoms with Crippen LogP contribution in [0.3, 0.4) is 0 Å². The van der Waals surface area contributed by atoms with Crippen molar-refractivity contribution in [2.75, 3.05) is 36.0 Å². The minimum absolute atomic E-state index is 0.0499. The second-order valence-electron chi connectivity index (χ2n) is 6.84. The van der Waals surface area contributed by atoms with E-state index < -0.39 is 5.97 Å². The molecule has 30 heavy (non-hydrogen) atoms. The number of nitrogens with zero attached hydrogens (tertiary/aromatic N) is 5. The Morgan fingerprint density at radius 2 is 1.30 bits per heavy atom. The van der Waals surface area contributed by atoms with Gasteiger partial charge in [0.15, 0.2) is 0 Å². The summed E-state index contributed by atoms with van der Waals surface area (Å²) in [6.07, 6.45) is 2.60. The van der Waals surface area contributed by atoms with Crippen molar-refractivity contribution in [1.82, 2.24) is 14.9 Å². The van der Waals surface area contributed by atoms with E-state index in [2.05, 4.69) is 9.97 Å². The molecule has 2 heterocycles. The van der Waals surface area contributed by atoms with E-state index >= 15 is 0 Å². The molecule has 1 fully saturated rings. The van der Waals surface area contributed by atoms with Crippen LogP contribution in [-0.2, 0) is 0 Å². The van der Waals surface area contributed by atoms with Gasteiger partial charge >= 0.3 is 12.0 Å². The van der Waals surface area contributed by atoms with E-state index in [0.717, 1.165) is 11.4 Å². The van der Waals surface area contributed by atoms with Gasteiger partial charge < -0.3 is 14.9 Å². The van der Waals surface area contributed by atoms with Crippen molar-refractivity contribution in [1.29, 1.82) is 0 Å². The lowest BCUT2D eigenvalue weighted by molar-refractivity contribution is 0.0696. The Balaban J connectivity index is 1.48. The average Bonchev–Trinajstić information content (AvgIpc) is 2.81. The first-order valence-corrected chi connectivity index (χ1v) is 9.63. The lowest BCUT2D eigenvalue weighted by Gasteiger charge is -2.37. The fraction of sp³-hybridized carbons (Fsp3) is 0.182. The Kier molecular flexibility index (Phi) is 5.56. The zero-order valence-corrected chi connectivity index (χ0v) is 16.3. The molecule has 3 aromatic rings. The molecule has 4 rings (SSSR count). The predicted octanol–water partition coefficient (Wildman–Crippen LogP) is 3.26. The summed E-state index contributed by atoms with van der Waals surface area (Å²) in [7, 11) is 0. The first kappa shape index (κ1) is 19.4. The molecule has 0 saturated carbocycles. The highest BCUT2D eigenvalue weighted by molar-refractivity contribution is 5.99. The predicted molar refractivity (Wildman–Crippen MR) is 113 cm³/mol. The SMILES string of the molecule is O=C(O)c1cnc(N2CCN(C(=O)N(c3ccccc3)c3ccccc3)CC2)nc1. The maximum Gasteiger partial charge on any atom is 0.338 e. The summed E-state index contributed by atoms with van der Waals surface area (Å²) in [5.74, 6) is -0.589. The van der Waals surface area contributed by atoms with Gasteiger partial charge in [-0.3, -0.25) is 4.90 Å². The smallest absolute Gasteiger partial charge is 0.338 e. The van der Waals surface area contributed by atoms with Gasteiger partial charge in [-0.05, 0) is 24.3 Å². The van der Waals surface area contributed by atoms with Gasteiger partial charge in [0.05, 0.1) is 16.9 Å². The number of para-hydroxylation sites is 2. The van der Waals surface area contributed by atoms with E-state index in [1.165, 1.54) is 12.4 Å². The molecule has 1 aromatic heterocycles. The zero-order chi connectivity index (χ0) is 20.9. The number of aromatic carboxylic acids is 1. The average molecular weight is 403 g/mol. The molecule has 152 valence electrons. The number of hydrogen-bond acceptors (Lipinski definition) is 5. The molecular weight excluding hydrogens is 382 g/mol. The van der Waals surface area contributed by atoms with E-state index in [4.69, 9.17) is 5.11 Å². The van der Waals surface area contributed by atoms with E-state index in [-0.39, 0.29) is 11.6 Å². The number of urea groups is 1. The van der Waals surface area contributed by atoms with Crippen molar-refractivity contribution in [3.8, 4) is 0 Å². The van der Waals surface area contributed by atoms with Gasteiger partial charge in [-0.25, -0.2) is 19.6 Å². The molecule has 0 aliphatic carbocycles. The maximum atomic E-state index is 13.4. The molecule has 8 nitrogen and oxygen atoms in total. The van der Waals surface area contributed by atoms with Gasteiger partial charge in [-0.15, -0.1) is 0 Å². The van der Waals surface area contributed by atoms with Gasteiger partial charge in [-0.2, -0.15) is 0 Å². The van der Waals surface area contributed by atoms with Crippen LogP contribution in [0.1, 0.15) is 10.4 Å². The van der Waals surface area contributed by atoms with E-state index in [9.17, 15) is 9.59 Å². The highest BCUT2D eigenvalue weighted by Gasteiger charge is 2.28. The zero-order valence-electron chi connectivity index (χ0n) is 16.3. The lowest BCUT2D eigenvalue weighted by Crippen LogP contribution is -2.52. The molecule has 1 aliphatic rings. The fourth-order valence-electron chi connectivity index (χ4n) is 3.36. The number of rotatable bonds is 4. The third-order valence-electron chi connectivity index (χ3n) is 4.94. The highest BCUT2D eigenvalue weighted by Crippen LogP contribution is 2.27. The Hall–Kier alpha value is -3.94. The lowest BCUT2D eigenvalue weighted by atomic mass is 10.2. The monoisotopic (exact) mass is 403 g/mol. The number of benzene rings is 2. The van der Waals surface area contributed by atoms with Crippen LogP contribution >= 0.6 is 0 Å². The summed E-state index contributed by atoms with van der Waals surface area (Å²) in [6, 6.07) is 19.1. The Labute approximate surface area is 174 Å². The van der Waals surface area contributed by atoms with Crippen LogP contribution in [0.15, 0.2) is 73.1 Å². The van der Waals surface area contributed by atoms with Crippen molar-refractivity contribution in [3.63, 3.8) is 0 Å². The van der Waals surface area contributed by atoms with Gasteiger partial charge in [0.25, 0.3) is 0 Å². The second-order valence-corrected chi connectivity index (χ2v) is 6.84. The molecule has 2 amide bonds. The largest absolute Gasteiger partial charge is 0.478 e. The number of carbonyl (C=O) groups excluding carboxylic acids is 1. The van der Waals surface area contributed by atoms with Crippen LogP contribution < -0.4 is 9.80 Å². The fourth-order valence-corrected chi connectivity index (χ4v) is 3.36. The molecule has 2 aromatic carbocycles. The van der Waals surface area contributed by atoms with Crippen LogP contribution in [0, 0.1) is 0 Å². The third kappa shape index (κ3) is 4.07. The van der Waals surface area contributed by atoms with Crippen molar-refractivity contribution < 1.29 is 14.7 Å². The molecule has 1 aliphatic heterocycles. The van der Waals surface area contributed by atoms with Crippen molar-refractivity contribution in [2.24, 2.45) is 0 Å². The first-order valence-electron chi connectivity index (χ1n) is 9.63. The molecule has 0 atom stereocenters. The molecule has 0 bridgehead atoms. The van der Waals surface area contributed by atoms with Gasteiger partial charge in [0.2, 0.25) is 5.95 Å². The number of carboxylic acid groups (broad SMARTS) is 1. The number of carbonyl (C=O) groups is 2. The van der Waals surface area contributed by atoms with E-state index in [1.807, 2.05) is 70.5 Å². The second kappa shape index (κ2) is 8.60. The number of anilines is 3. The molecular formula is C22H21N5O3. The molecule has 0 unspecified atom stereocenters. The molecule has 0 spiro atoms. The number of aromatic nitrogens is 2. The summed E-state index contributed by atoms with van der Waals surface area (Å²) in [5, 5.41) is 8.98. The Morgan fingerprint density at radius 1 is 0.800 bits per heavy atom. The summed E-state index contributed by atoms with van der Waals surface area (Å²) >= 11 is 0. The van der Waals surface area contributed by atoms with Gasteiger partial charge in [0, 0.05) is 38.6 Å². The normalized spacial score (nSPS) is 13.7. The summed E-state index contributed by atoms with van der Waals surface area (Å²) < 4.78 is 0. The van der Waals surface area contributed by atoms with Gasteiger partial charge in [0.1, 0.15) is 0 Å². The number of hydrogen-bond donors (Lipinski definition) is 1. The minimum Gasteiger partial charge on any atom is -0.478 e. The topological polar surface area (TPSA) is 89.9 Å². The van der Waals surface area contributed by atoms with Crippen molar-refractivity contribution in [3.05, 3.63) is 78.6 Å². The van der Waals surface area contributed by atoms with E-state index in [1.54, 1.807) is 4.90 Å². The third-order valence-corrected chi connectivity index (χ3v) is 4.94. The van der Waals surface area contributed by atoms with Crippen LogP contribution in [0.4, 0.5) is 22.1 Å². The van der Waals surface area contributed by atoms with Crippen LogP contribution in [0.25, 0.3) is 0 Å². The van der Waals surface area contributed by atoms with E-state index in [0.29, 0.717) is 32.1 Å². The summed E-state index contributed by atoms with van der Waals surface area (Å²) in [4.78, 5) is 38.1. The van der Waals surface area contributed by atoms with Gasteiger partial charge in [-0.1, -0.05) is 36.4 Å². The summed E-state index contributed by atoms with van der Waals surface area (Å²) in [6.45, 7) is 2.16. The molecule has 8 heteroatoms. The number of carboxylic acids is 1. The van der Waals surface area contributed by atoms with Crippen LogP contribution in [-0.4, -0.2) is 58.2 Å². The Morgan fingerprint density at radius 3 is 1.77 bits per heavy atom. The van der Waals surface area contributed by atoms with Crippen LogP contribution in [0.2, 0.25) is 0 Å². The highest BCUT2D eigenvalue weighted by atomic mass is 16.4. The first-order chi connectivity index (χ1) is 14.6. The Bertz CT molecular complexity index is 964. The number of amides is 2. The van der Waals surface area contributed by atoms with Crippen molar-refractivity contribution >= 4 is 29.3 Å². The number of piperazine rings is 1. The van der Waals surface area contributed by atoms with Crippen molar-refractivity contribution in [2.45, 2.75) is 0 Å². The maximum absolute atomic E-state index is 13.4. The molecule has 0 radical (unpaired) electrons. The molecule has 1 N–H and O–H groups in total. The summed E-state index contributed by atoms with van der Waals surface area (Å²) in [5.41, 5.74) is 1.67. The van der Waals surface area contributed by atoms with Crippen LogP contribution in [0.5, 0.6) is 0 Å².